The monoisotopic (exact) mass is 350 g/mol. The van der Waals surface area contributed by atoms with Crippen LogP contribution in [0.25, 0.3) is 10.2 Å². The lowest BCUT2D eigenvalue weighted by molar-refractivity contribution is -0.121. The van der Waals surface area contributed by atoms with E-state index in [0.29, 0.717) is 18.5 Å². The molecule has 2 aromatic rings. The first-order chi connectivity index (χ1) is 11.7. The van der Waals surface area contributed by atoms with Gasteiger partial charge in [-0.25, -0.2) is 4.98 Å². The van der Waals surface area contributed by atoms with Crippen LogP contribution in [0.2, 0.25) is 0 Å². The van der Waals surface area contributed by atoms with Crippen LogP contribution in [0.15, 0.2) is 22.6 Å². The molecule has 0 saturated carbocycles. The van der Waals surface area contributed by atoms with Crippen molar-refractivity contribution in [2.75, 3.05) is 39.4 Å². The molecule has 130 valence electrons. The van der Waals surface area contributed by atoms with Crippen LogP contribution in [0.3, 0.4) is 0 Å². The predicted molar refractivity (Wildman–Crippen MR) is 93.4 cm³/mol. The summed E-state index contributed by atoms with van der Waals surface area (Å²) in [5.74, 6) is -0.0331. The number of carbonyl (C=O) groups is 1. The van der Waals surface area contributed by atoms with E-state index in [1.54, 1.807) is 6.07 Å². The maximum atomic E-state index is 12.2. The van der Waals surface area contributed by atoms with E-state index in [4.69, 9.17) is 4.74 Å². The summed E-state index contributed by atoms with van der Waals surface area (Å²) in [6.45, 7) is 5.51. The predicted octanol–water partition coefficient (Wildman–Crippen LogP) is 0.687. The average Bonchev–Trinajstić information content (AvgIpc) is 3.09. The molecule has 1 aliphatic heterocycles. The minimum Gasteiger partial charge on any atom is -0.379 e. The SMILES string of the molecule is O=C(CCn1cnc2sccc2c1=O)NCCCN1CCOCC1. The van der Waals surface area contributed by atoms with Gasteiger partial charge in [0, 0.05) is 32.6 Å². The molecule has 7 nitrogen and oxygen atoms in total. The highest BCUT2D eigenvalue weighted by Crippen LogP contribution is 2.13. The number of nitrogens with zero attached hydrogens (tertiary/aromatic N) is 3. The molecule has 1 amide bonds. The van der Waals surface area contributed by atoms with Gasteiger partial charge in [0.15, 0.2) is 0 Å². The zero-order valence-corrected chi connectivity index (χ0v) is 14.4. The van der Waals surface area contributed by atoms with E-state index in [1.807, 2.05) is 5.38 Å². The molecule has 3 heterocycles. The van der Waals surface area contributed by atoms with Crippen LogP contribution in [0.4, 0.5) is 0 Å². The van der Waals surface area contributed by atoms with Crippen LogP contribution in [0.1, 0.15) is 12.8 Å². The number of carbonyl (C=O) groups excluding carboxylic acids is 1. The van der Waals surface area contributed by atoms with Crippen LogP contribution in [0.5, 0.6) is 0 Å². The van der Waals surface area contributed by atoms with Gasteiger partial charge in [-0.05, 0) is 24.4 Å². The highest BCUT2D eigenvalue weighted by Gasteiger charge is 2.10. The zero-order valence-electron chi connectivity index (χ0n) is 13.6. The minimum absolute atomic E-state index is 0.0331. The Balaban J connectivity index is 1.38. The molecule has 2 aromatic heterocycles. The molecule has 0 bridgehead atoms. The van der Waals surface area contributed by atoms with Crippen LogP contribution in [0, 0.1) is 0 Å². The standard InChI is InChI=1S/C16H22N4O3S/c21-14(17-4-1-5-19-7-9-23-10-8-19)2-6-20-12-18-15-13(16(20)22)3-11-24-15/h3,11-12H,1-2,4-10H2,(H,17,21). The van der Waals surface area contributed by atoms with E-state index < -0.39 is 0 Å². The van der Waals surface area contributed by atoms with Gasteiger partial charge in [0.1, 0.15) is 4.83 Å². The molecular formula is C16H22N4O3S. The van der Waals surface area contributed by atoms with Crippen molar-refractivity contribution in [1.82, 2.24) is 19.8 Å². The Morgan fingerprint density at radius 1 is 1.33 bits per heavy atom. The maximum Gasteiger partial charge on any atom is 0.262 e. The molecule has 1 saturated heterocycles. The summed E-state index contributed by atoms with van der Waals surface area (Å²) in [4.78, 5) is 31.5. The van der Waals surface area contributed by atoms with E-state index in [-0.39, 0.29) is 17.9 Å². The smallest absolute Gasteiger partial charge is 0.262 e. The fourth-order valence-corrected chi connectivity index (χ4v) is 3.44. The number of nitrogens with one attached hydrogen (secondary N) is 1. The Morgan fingerprint density at radius 2 is 2.17 bits per heavy atom. The first-order valence-corrected chi connectivity index (χ1v) is 9.11. The van der Waals surface area contributed by atoms with Crippen molar-refractivity contribution in [3.63, 3.8) is 0 Å². The molecule has 1 N–H and O–H groups in total. The molecule has 0 aliphatic carbocycles. The minimum atomic E-state index is -0.0821. The molecular weight excluding hydrogens is 328 g/mol. The lowest BCUT2D eigenvalue weighted by atomic mass is 10.3. The lowest BCUT2D eigenvalue weighted by Gasteiger charge is -2.26. The van der Waals surface area contributed by atoms with Crippen molar-refractivity contribution >= 4 is 27.5 Å². The van der Waals surface area contributed by atoms with Crippen LogP contribution >= 0.6 is 11.3 Å². The number of rotatable bonds is 7. The van der Waals surface area contributed by atoms with Crippen LogP contribution in [-0.2, 0) is 16.1 Å². The number of morpholine rings is 1. The van der Waals surface area contributed by atoms with Gasteiger partial charge in [0.05, 0.1) is 24.9 Å². The molecule has 1 fully saturated rings. The van der Waals surface area contributed by atoms with E-state index in [2.05, 4.69) is 15.2 Å². The third-order valence-electron chi connectivity index (χ3n) is 4.11. The lowest BCUT2D eigenvalue weighted by Crippen LogP contribution is -2.38. The van der Waals surface area contributed by atoms with Crippen LogP contribution in [-0.4, -0.2) is 59.8 Å². The average molecular weight is 350 g/mol. The molecule has 8 heteroatoms. The Morgan fingerprint density at radius 3 is 3.00 bits per heavy atom. The number of aromatic nitrogens is 2. The highest BCUT2D eigenvalue weighted by molar-refractivity contribution is 7.16. The fraction of sp³-hybridized carbons (Fsp3) is 0.562. The van der Waals surface area contributed by atoms with Gasteiger partial charge in [0.2, 0.25) is 5.91 Å². The highest BCUT2D eigenvalue weighted by atomic mass is 32.1. The molecule has 0 radical (unpaired) electrons. The van der Waals surface area contributed by atoms with Crippen molar-refractivity contribution in [2.24, 2.45) is 0 Å². The second kappa shape index (κ2) is 8.36. The number of fused-ring (bicyclic) bond motifs is 1. The summed E-state index contributed by atoms with van der Waals surface area (Å²) >= 11 is 1.44. The van der Waals surface area contributed by atoms with Gasteiger partial charge in [0.25, 0.3) is 5.56 Å². The zero-order chi connectivity index (χ0) is 16.8. The van der Waals surface area contributed by atoms with E-state index >= 15 is 0 Å². The van der Waals surface area contributed by atoms with Gasteiger partial charge in [-0.1, -0.05) is 0 Å². The van der Waals surface area contributed by atoms with Crippen molar-refractivity contribution in [3.8, 4) is 0 Å². The summed E-state index contributed by atoms with van der Waals surface area (Å²) in [6.07, 6.45) is 2.73. The largest absolute Gasteiger partial charge is 0.379 e. The molecule has 24 heavy (non-hydrogen) atoms. The van der Waals surface area contributed by atoms with Crippen molar-refractivity contribution in [2.45, 2.75) is 19.4 Å². The van der Waals surface area contributed by atoms with Gasteiger partial charge in [-0.3, -0.25) is 19.1 Å². The van der Waals surface area contributed by atoms with Gasteiger partial charge in [-0.15, -0.1) is 11.3 Å². The topological polar surface area (TPSA) is 76.5 Å². The Hall–Kier alpha value is -1.77. The van der Waals surface area contributed by atoms with Crippen molar-refractivity contribution in [1.29, 1.82) is 0 Å². The Labute approximate surface area is 144 Å². The summed E-state index contributed by atoms with van der Waals surface area (Å²) in [5.41, 5.74) is -0.0821. The van der Waals surface area contributed by atoms with Gasteiger partial charge >= 0.3 is 0 Å². The first-order valence-electron chi connectivity index (χ1n) is 8.23. The molecule has 0 spiro atoms. The normalized spacial score (nSPS) is 15.7. The quantitative estimate of drug-likeness (QED) is 0.744. The van der Waals surface area contributed by atoms with E-state index in [0.717, 1.165) is 44.1 Å². The van der Waals surface area contributed by atoms with Crippen molar-refractivity contribution in [3.05, 3.63) is 28.1 Å². The molecule has 3 rings (SSSR count). The van der Waals surface area contributed by atoms with Gasteiger partial charge in [-0.2, -0.15) is 0 Å². The van der Waals surface area contributed by atoms with Gasteiger partial charge < -0.3 is 10.1 Å². The van der Waals surface area contributed by atoms with E-state index in [9.17, 15) is 9.59 Å². The summed E-state index contributed by atoms with van der Waals surface area (Å²) < 4.78 is 6.81. The molecule has 1 aliphatic rings. The number of amides is 1. The number of hydrogen-bond acceptors (Lipinski definition) is 6. The second-order valence-corrected chi connectivity index (χ2v) is 6.68. The first kappa shape index (κ1) is 17.1. The van der Waals surface area contributed by atoms with E-state index in [1.165, 1.54) is 22.2 Å². The second-order valence-electron chi connectivity index (χ2n) is 5.79. The molecule has 0 aromatic carbocycles. The fourth-order valence-electron chi connectivity index (χ4n) is 2.72. The number of thiophene rings is 1. The number of ether oxygens (including phenoxy) is 1. The van der Waals surface area contributed by atoms with Crippen LogP contribution < -0.4 is 10.9 Å². The maximum absolute atomic E-state index is 12.2. The third-order valence-corrected chi connectivity index (χ3v) is 4.93. The summed E-state index contributed by atoms with van der Waals surface area (Å²) in [7, 11) is 0. The Bertz CT molecular complexity index is 736. The summed E-state index contributed by atoms with van der Waals surface area (Å²) in [6, 6.07) is 1.78. The molecule has 0 unspecified atom stereocenters. The Kier molecular flexibility index (Phi) is 5.95. The molecule has 0 atom stereocenters. The summed E-state index contributed by atoms with van der Waals surface area (Å²) in [5, 5.41) is 5.38. The number of hydrogen-bond donors (Lipinski definition) is 1. The number of aryl methyl sites for hydroxylation is 1. The van der Waals surface area contributed by atoms with Crippen molar-refractivity contribution < 1.29 is 9.53 Å². The third kappa shape index (κ3) is 4.40.